The van der Waals surface area contributed by atoms with Gasteiger partial charge in [0.2, 0.25) is 0 Å². The number of fused-ring (bicyclic) bond motifs is 1. The third-order valence-corrected chi connectivity index (χ3v) is 4.87. The summed E-state index contributed by atoms with van der Waals surface area (Å²) in [6.07, 6.45) is 5.25. The molecule has 2 aromatic heterocycles. The van der Waals surface area contributed by atoms with Crippen LogP contribution >= 0.6 is 11.7 Å². The fraction of sp³-hybridized carbons (Fsp3) is 0.235. The van der Waals surface area contributed by atoms with E-state index < -0.39 is 0 Å². The number of hydrogen-bond donors (Lipinski definition) is 1. The number of nitrogens with one attached hydrogen (secondary N) is 1. The fourth-order valence-corrected chi connectivity index (χ4v) is 3.57. The van der Waals surface area contributed by atoms with Gasteiger partial charge in [-0.05, 0) is 5.56 Å². The molecular formula is C17H16N4OS. The van der Waals surface area contributed by atoms with Gasteiger partial charge in [-0.15, -0.1) is 4.37 Å². The molecule has 1 atom stereocenters. The van der Waals surface area contributed by atoms with Crippen LogP contribution in [-0.2, 0) is 11.8 Å². The highest BCUT2D eigenvalue weighted by Crippen LogP contribution is 2.39. The smallest absolute Gasteiger partial charge is 0.255 e. The summed E-state index contributed by atoms with van der Waals surface area (Å²) in [5, 5.41) is 7.63. The number of aromatic amines is 1. The zero-order valence-electron chi connectivity index (χ0n) is 12.9. The van der Waals surface area contributed by atoms with Crippen LogP contribution in [0.25, 0.3) is 17.5 Å². The summed E-state index contributed by atoms with van der Waals surface area (Å²) >= 11 is 1.13. The summed E-state index contributed by atoms with van der Waals surface area (Å²) in [7, 11) is 1.60. The average molecular weight is 324 g/mol. The maximum Gasteiger partial charge on any atom is 0.255 e. The second-order valence-corrected chi connectivity index (χ2v) is 6.41. The summed E-state index contributed by atoms with van der Waals surface area (Å²) in [4.78, 5) is 0. The Bertz CT molecular complexity index is 868. The first-order valence-corrected chi connectivity index (χ1v) is 8.13. The van der Waals surface area contributed by atoms with Gasteiger partial charge in [-0.25, -0.2) is 0 Å². The minimum Gasteiger partial charge on any atom is -0.479 e. The first-order valence-electron chi connectivity index (χ1n) is 7.40. The van der Waals surface area contributed by atoms with E-state index in [0.29, 0.717) is 11.6 Å². The molecule has 5 nitrogen and oxygen atoms in total. The molecular weight excluding hydrogens is 308 g/mol. The highest BCUT2D eigenvalue weighted by Gasteiger charge is 2.31. The van der Waals surface area contributed by atoms with Crippen molar-refractivity contribution in [2.45, 2.75) is 18.8 Å². The molecule has 1 aromatic carbocycles. The molecule has 4 rings (SSSR count). The fourth-order valence-electron chi connectivity index (χ4n) is 3.05. The van der Waals surface area contributed by atoms with E-state index in [1.165, 1.54) is 5.56 Å². The van der Waals surface area contributed by atoms with Crippen LogP contribution in [0, 0.1) is 0 Å². The predicted molar refractivity (Wildman–Crippen MR) is 90.6 cm³/mol. The molecule has 1 N–H and O–H groups in total. The summed E-state index contributed by atoms with van der Waals surface area (Å²) < 4.78 is 13.7. The lowest BCUT2D eigenvalue weighted by Gasteiger charge is -2.29. The Kier molecular flexibility index (Phi) is 3.27. The van der Waals surface area contributed by atoms with Crippen molar-refractivity contribution in [3.05, 3.63) is 53.2 Å². The number of hydrogen-bond acceptors (Lipinski definition) is 5. The molecule has 6 heteroatoms. The van der Waals surface area contributed by atoms with Gasteiger partial charge in [0.25, 0.3) is 5.88 Å². The molecule has 0 bridgehead atoms. The van der Waals surface area contributed by atoms with E-state index in [4.69, 9.17) is 4.74 Å². The molecule has 0 saturated carbocycles. The van der Waals surface area contributed by atoms with Crippen molar-refractivity contribution < 1.29 is 4.74 Å². The number of methoxy groups -OCH3 is 1. The lowest BCUT2D eigenvalue weighted by molar-refractivity contribution is 0.403. The Hall–Kier alpha value is -2.47. The summed E-state index contributed by atoms with van der Waals surface area (Å²) in [6, 6.07) is 10.5. The molecule has 1 aliphatic carbocycles. The van der Waals surface area contributed by atoms with Crippen molar-refractivity contribution in [2.24, 2.45) is 0 Å². The molecule has 0 aliphatic heterocycles. The Labute approximate surface area is 138 Å². The van der Waals surface area contributed by atoms with Crippen LogP contribution in [0.4, 0.5) is 0 Å². The van der Waals surface area contributed by atoms with E-state index in [0.717, 1.165) is 35.1 Å². The van der Waals surface area contributed by atoms with Crippen molar-refractivity contribution in [1.29, 1.82) is 0 Å². The van der Waals surface area contributed by atoms with Crippen LogP contribution < -0.4 is 4.74 Å². The normalized spacial score (nSPS) is 19.6. The zero-order chi connectivity index (χ0) is 15.9. The molecule has 116 valence electrons. The van der Waals surface area contributed by atoms with E-state index in [1.54, 1.807) is 7.11 Å². The lowest BCUT2D eigenvalue weighted by atomic mass is 9.74. The van der Waals surface area contributed by atoms with Crippen LogP contribution in [-0.4, -0.2) is 26.1 Å². The molecule has 0 radical (unpaired) electrons. The quantitative estimate of drug-likeness (QED) is 0.801. The zero-order valence-corrected chi connectivity index (χ0v) is 13.7. The third-order valence-electron chi connectivity index (χ3n) is 4.35. The van der Waals surface area contributed by atoms with Gasteiger partial charge in [-0.3, -0.25) is 5.10 Å². The molecule has 2 heterocycles. The number of H-pyrrole nitrogens is 1. The molecule has 1 unspecified atom stereocenters. The monoisotopic (exact) mass is 324 g/mol. The topological polar surface area (TPSA) is 63.7 Å². The summed E-state index contributed by atoms with van der Waals surface area (Å²) in [5.41, 5.74) is 4.95. The SMILES string of the molecule is COc1nsnc1-c1n[nH]c2c1C=CC(C)(c1ccccc1)C2. The van der Waals surface area contributed by atoms with E-state index >= 15 is 0 Å². The van der Waals surface area contributed by atoms with Crippen molar-refractivity contribution in [3.8, 4) is 17.3 Å². The molecule has 0 spiro atoms. The molecule has 0 saturated heterocycles. The number of allylic oxidation sites excluding steroid dienone is 1. The van der Waals surface area contributed by atoms with Gasteiger partial charge in [0, 0.05) is 23.1 Å². The van der Waals surface area contributed by atoms with Crippen molar-refractivity contribution in [1.82, 2.24) is 18.9 Å². The number of benzene rings is 1. The highest BCUT2D eigenvalue weighted by molar-refractivity contribution is 6.99. The highest BCUT2D eigenvalue weighted by atomic mass is 32.1. The number of ether oxygens (including phenoxy) is 1. The van der Waals surface area contributed by atoms with Crippen LogP contribution in [0.15, 0.2) is 36.4 Å². The average Bonchev–Trinajstić information content (AvgIpc) is 3.21. The van der Waals surface area contributed by atoms with E-state index in [2.05, 4.69) is 62.3 Å². The van der Waals surface area contributed by atoms with Crippen LogP contribution in [0.5, 0.6) is 5.88 Å². The van der Waals surface area contributed by atoms with Gasteiger partial charge in [-0.1, -0.05) is 49.4 Å². The van der Waals surface area contributed by atoms with Gasteiger partial charge < -0.3 is 4.74 Å². The number of rotatable bonds is 3. The second kappa shape index (κ2) is 5.31. The van der Waals surface area contributed by atoms with Crippen molar-refractivity contribution >= 4 is 17.8 Å². The second-order valence-electron chi connectivity index (χ2n) is 5.88. The minimum atomic E-state index is -0.0392. The van der Waals surface area contributed by atoms with E-state index in [-0.39, 0.29) is 5.41 Å². The van der Waals surface area contributed by atoms with Crippen LogP contribution in [0.2, 0.25) is 0 Å². The Morgan fingerprint density at radius 2 is 2.00 bits per heavy atom. The molecule has 0 fully saturated rings. The van der Waals surface area contributed by atoms with Crippen LogP contribution in [0.3, 0.4) is 0 Å². The van der Waals surface area contributed by atoms with E-state index in [1.807, 2.05) is 6.07 Å². The maximum absolute atomic E-state index is 5.27. The van der Waals surface area contributed by atoms with Crippen LogP contribution in [0.1, 0.15) is 23.7 Å². The summed E-state index contributed by atoms with van der Waals surface area (Å²) in [5.74, 6) is 0.522. The first kappa shape index (κ1) is 14.1. The molecule has 3 aromatic rings. The van der Waals surface area contributed by atoms with Gasteiger partial charge in [0.15, 0.2) is 5.69 Å². The van der Waals surface area contributed by atoms with Gasteiger partial charge in [0.05, 0.1) is 18.8 Å². The van der Waals surface area contributed by atoms with Crippen molar-refractivity contribution in [2.75, 3.05) is 7.11 Å². The molecule has 23 heavy (non-hydrogen) atoms. The number of nitrogens with zero attached hydrogens (tertiary/aromatic N) is 3. The Morgan fingerprint density at radius 3 is 2.78 bits per heavy atom. The third kappa shape index (κ3) is 2.26. The van der Waals surface area contributed by atoms with Gasteiger partial charge >= 0.3 is 0 Å². The predicted octanol–water partition coefficient (Wildman–Crippen LogP) is 3.46. The summed E-state index contributed by atoms with van der Waals surface area (Å²) in [6.45, 7) is 2.24. The largest absolute Gasteiger partial charge is 0.479 e. The van der Waals surface area contributed by atoms with Crippen molar-refractivity contribution in [3.63, 3.8) is 0 Å². The first-order chi connectivity index (χ1) is 11.2. The Balaban J connectivity index is 1.75. The maximum atomic E-state index is 5.27. The molecule has 1 aliphatic rings. The van der Waals surface area contributed by atoms with Gasteiger partial charge in [0.1, 0.15) is 5.69 Å². The standard InChI is InChI=1S/C17H16N4OS/c1-17(11-6-4-3-5-7-11)9-8-12-13(10-17)18-19-14(12)15-16(22-2)21-23-20-15/h3-9H,10H2,1-2H3,(H,18,19). The van der Waals surface area contributed by atoms with E-state index in [9.17, 15) is 0 Å². The molecule has 0 amide bonds. The minimum absolute atomic E-state index is 0.0392. The lowest BCUT2D eigenvalue weighted by Crippen LogP contribution is -2.25. The van der Waals surface area contributed by atoms with Gasteiger partial charge in [-0.2, -0.15) is 9.47 Å². The number of aromatic nitrogens is 4. The Morgan fingerprint density at radius 1 is 1.17 bits per heavy atom.